The molecule has 0 aromatic heterocycles. The lowest BCUT2D eigenvalue weighted by atomic mass is 9.81. The van der Waals surface area contributed by atoms with Crippen molar-refractivity contribution in [3.8, 4) is 0 Å². The number of hydrogen-bond donors (Lipinski definition) is 1. The molecule has 19 heavy (non-hydrogen) atoms. The van der Waals surface area contributed by atoms with E-state index in [1.807, 2.05) is 7.11 Å². The monoisotopic (exact) mass is 261 g/mol. The van der Waals surface area contributed by atoms with Crippen LogP contribution < -0.4 is 5.32 Å². The van der Waals surface area contributed by atoms with E-state index in [9.17, 15) is 0 Å². The van der Waals surface area contributed by atoms with Crippen LogP contribution in [0, 0.1) is 5.92 Å². The van der Waals surface area contributed by atoms with Crippen LogP contribution in [0.25, 0.3) is 0 Å². The molecule has 0 saturated heterocycles. The van der Waals surface area contributed by atoms with Crippen LogP contribution in [0.4, 0.5) is 0 Å². The lowest BCUT2D eigenvalue weighted by Crippen LogP contribution is -2.39. The van der Waals surface area contributed by atoms with Gasteiger partial charge in [-0.25, -0.2) is 0 Å². The third kappa shape index (κ3) is 3.80. The maximum absolute atomic E-state index is 5.90. The van der Waals surface area contributed by atoms with E-state index in [4.69, 9.17) is 4.74 Å². The zero-order chi connectivity index (χ0) is 13.5. The quantitative estimate of drug-likeness (QED) is 0.837. The molecular weight excluding hydrogens is 234 g/mol. The minimum absolute atomic E-state index is 0.294. The summed E-state index contributed by atoms with van der Waals surface area (Å²) in [6, 6.07) is 11.1. The van der Waals surface area contributed by atoms with Crippen LogP contribution in [0.2, 0.25) is 0 Å². The Kier molecular flexibility index (Phi) is 5.87. The van der Waals surface area contributed by atoms with Crippen molar-refractivity contribution in [3.63, 3.8) is 0 Å². The van der Waals surface area contributed by atoms with E-state index in [1.54, 1.807) is 0 Å². The summed E-state index contributed by atoms with van der Waals surface area (Å²) in [7, 11) is 1.87. The zero-order valence-electron chi connectivity index (χ0n) is 12.3. The molecule has 1 fully saturated rings. The highest BCUT2D eigenvalue weighted by Gasteiger charge is 2.31. The van der Waals surface area contributed by atoms with E-state index in [1.165, 1.54) is 37.7 Å². The molecule has 2 heteroatoms. The van der Waals surface area contributed by atoms with Gasteiger partial charge in [0.25, 0.3) is 0 Å². The molecule has 0 heterocycles. The topological polar surface area (TPSA) is 21.3 Å². The molecule has 0 amide bonds. The van der Waals surface area contributed by atoms with Gasteiger partial charge in [-0.05, 0) is 30.9 Å². The maximum Gasteiger partial charge on any atom is 0.0794 e. The number of hydrogen-bond acceptors (Lipinski definition) is 2. The first kappa shape index (κ1) is 14.5. The van der Waals surface area contributed by atoms with Crippen molar-refractivity contribution in [2.75, 3.05) is 13.7 Å². The first-order valence-corrected chi connectivity index (χ1v) is 7.68. The van der Waals surface area contributed by atoms with Gasteiger partial charge in [-0.2, -0.15) is 0 Å². The van der Waals surface area contributed by atoms with Crippen molar-refractivity contribution in [2.45, 2.75) is 51.2 Å². The number of rotatable bonds is 6. The lowest BCUT2D eigenvalue weighted by molar-refractivity contribution is 0.00792. The summed E-state index contributed by atoms with van der Waals surface area (Å²) in [5, 5.41) is 3.62. The smallest absolute Gasteiger partial charge is 0.0794 e. The molecule has 1 N–H and O–H groups in total. The SMILES string of the molecule is CCNC(c1ccccc1)C(OC)C1CCCCC1. The Morgan fingerprint density at radius 1 is 1.16 bits per heavy atom. The minimum atomic E-state index is 0.294. The van der Waals surface area contributed by atoms with Crippen molar-refractivity contribution < 1.29 is 4.74 Å². The van der Waals surface area contributed by atoms with Gasteiger partial charge in [-0.15, -0.1) is 0 Å². The highest BCUT2D eigenvalue weighted by atomic mass is 16.5. The van der Waals surface area contributed by atoms with Crippen LogP contribution in [0.5, 0.6) is 0 Å². The molecule has 1 saturated carbocycles. The van der Waals surface area contributed by atoms with Gasteiger partial charge in [0.2, 0.25) is 0 Å². The standard InChI is InChI=1S/C17H27NO/c1-3-18-16(14-10-6-4-7-11-14)17(19-2)15-12-8-5-9-13-15/h4,6-7,10-11,15-18H,3,5,8-9,12-13H2,1-2H3. The van der Waals surface area contributed by atoms with Crippen molar-refractivity contribution in [1.82, 2.24) is 5.32 Å². The Bertz CT molecular complexity index is 346. The van der Waals surface area contributed by atoms with Crippen molar-refractivity contribution >= 4 is 0 Å². The van der Waals surface area contributed by atoms with E-state index < -0.39 is 0 Å². The lowest BCUT2D eigenvalue weighted by Gasteiger charge is -2.35. The van der Waals surface area contributed by atoms with Crippen LogP contribution in [-0.2, 0) is 4.74 Å². The van der Waals surface area contributed by atoms with Crippen LogP contribution in [0.15, 0.2) is 30.3 Å². The largest absolute Gasteiger partial charge is 0.379 e. The summed E-state index contributed by atoms with van der Waals surface area (Å²) in [4.78, 5) is 0. The summed E-state index contributed by atoms with van der Waals surface area (Å²) in [5.41, 5.74) is 1.35. The molecule has 0 bridgehead atoms. The average molecular weight is 261 g/mol. The highest BCUT2D eigenvalue weighted by Crippen LogP contribution is 2.34. The Morgan fingerprint density at radius 3 is 2.42 bits per heavy atom. The molecular formula is C17H27NO. The summed E-state index contributed by atoms with van der Waals surface area (Å²) in [5.74, 6) is 0.697. The van der Waals surface area contributed by atoms with Gasteiger partial charge in [-0.3, -0.25) is 0 Å². The second-order valence-corrected chi connectivity index (χ2v) is 5.54. The predicted molar refractivity (Wildman–Crippen MR) is 80.2 cm³/mol. The molecule has 1 aliphatic rings. The van der Waals surface area contributed by atoms with Gasteiger partial charge in [0, 0.05) is 7.11 Å². The molecule has 2 nitrogen and oxygen atoms in total. The van der Waals surface area contributed by atoms with Gasteiger partial charge in [0.1, 0.15) is 0 Å². The van der Waals surface area contributed by atoms with Gasteiger partial charge < -0.3 is 10.1 Å². The molecule has 2 unspecified atom stereocenters. The van der Waals surface area contributed by atoms with Crippen molar-refractivity contribution in [2.24, 2.45) is 5.92 Å². The van der Waals surface area contributed by atoms with Crippen LogP contribution in [0.3, 0.4) is 0 Å². The third-order valence-electron chi connectivity index (χ3n) is 4.30. The number of ether oxygens (including phenoxy) is 1. The van der Waals surface area contributed by atoms with E-state index in [0.717, 1.165) is 6.54 Å². The number of nitrogens with one attached hydrogen (secondary N) is 1. The van der Waals surface area contributed by atoms with Crippen molar-refractivity contribution in [3.05, 3.63) is 35.9 Å². The molecule has 1 aliphatic carbocycles. The molecule has 1 aromatic rings. The Labute approximate surface area is 117 Å². The molecule has 106 valence electrons. The van der Waals surface area contributed by atoms with Crippen LogP contribution >= 0.6 is 0 Å². The third-order valence-corrected chi connectivity index (χ3v) is 4.30. The van der Waals surface area contributed by atoms with Crippen molar-refractivity contribution in [1.29, 1.82) is 0 Å². The number of methoxy groups -OCH3 is 1. The van der Waals surface area contributed by atoms with Gasteiger partial charge in [0.15, 0.2) is 0 Å². The Morgan fingerprint density at radius 2 is 1.84 bits per heavy atom. The maximum atomic E-state index is 5.90. The normalized spacial score (nSPS) is 20.1. The first-order valence-electron chi connectivity index (χ1n) is 7.68. The summed E-state index contributed by atoms with van der Waals surface area (Å²) in [6.45, 7) is 3.15. The summed E-state index contributed by atoms with van der Waals surface area (Å²) >= 11 is 0. The Hall–Kier alpha value is -0.860. The Balaban J connectivity index is 2.15. The van der Waals surface area contributed by atoms with Gasteiger partial charge in [0.05, 0.1) is 12.1 Å². The molecule has 0 aliphatic heterocycles. The second kappa shape index (κ2) is 7.66. The molecule has 2 atom stereocenters. The average Bonchev–Trinajstić information content (AvgIpc) is 2.49. The van der Waals surface area contributed by atoms with E-state index in [-0.39, 0.29) is 0 Å². The highest BCUT2D eigenvalue weighted by molar-refractivity contribution is 5.20. The van der Waals surface area contributed by atoms with Gasteiger partial charge >= 0.3 is 0 Å². The molecule has 0 spiro atoms. The fourth-order valence-corrected chi connectivity index (χ4v) is 3.37. The van der Waals surface area contributed by atoms with Crippen LogP contribution in [0.1, 0.15) is 50.6 Å². The van der Waals surface area contributed by atoms with E-state index >= 15 is 0 Å². The molecule has 2 rings (SSSR count). The van der Waals surface area contributed by atoms with E-state index in [2.05, 4.69) is 42.6 Å². The van der Waals surface area contributed by atoms with E-state index in [0.29, 0.717) is 18.1 Å². The zero-order valence-corrected chi connectivity index (χ0v) is 12.3. The predicted octanol–water partition coefficient (Wildman–Crippen LogP) is 3.93. The first-order chi connectivity index (χ1) is 9.36. The number of benzene rings is 1. The van der Waals surface area contributed by atoms with Crippen LogP contribution in [-0.4, -0.2) is 19.8 Å². The fourth-order valence-electron chi connectivity index (χ4n) is 3.37. The molecule has 1 aromatic carbocycles. The number of likely N-dealkylation sites (N-methyl/N-ethyl adjacent to an activating group) is 1. The summed E-state index contributed by atoms with van der Waals surface area (Å²) < 4.78 is 5.90. The van der Waals surface area contributed by atoms with Gasteiger partial charge in [-0.1, -0.05) is 56.5 Å². The second-order valence-electron chi connectivity index (χ2n) is 5.54. The summed E-state index contributed by atoms with van der Waals surface area (Å²) in [6.07, 6.45) is 7.03. The minimum Gasteiger partial charge on any atom is -0.379 e. The molecule has 0 radical (unpaired) electrons. The fraction of sp³-hybridized carbons (Fsp3) is 0.647.